The molecule has 8 heteroatoms. The zero-order chi connectivity index (χ0) is 16.9. The molecule has 0 saturated heterocycles. The second-order valence-electron chi connectivity index (χ2n) is 5.27. The molecule has 1 aliphatic heterocycles. The van der Waals surface area contributed by atoms with Crippen molar-refractivity contribution >= 4 is 17.9 Å². The Morgan fingerprint density at radius 1 is 1.08 bits per heavy atom. The van der Waals surface area contributed by atoms with E-state index in [0.717, 1.165) is 0 Å². The monoisotopic (exact) mass is 353 g/mol. The van der Waals surface area contributed by atoms with Crippen LogP contribution >= 0.6 is 0 Å². The lowest BCUT2D eigenvalue weighted by Gasteiger charge is -2.24. The molecule has 25 heavy (non-hydrogen) atoms. The summed E-state index contributed by atoms with van der Waals surface area (Å²) in [6.07, 6.45) is 3.17. The fourth-order valence-electron chi connectivity index (χ4n) is 1.67. The highest BCUT2D eigenvalue weighted by atomic mass is 16.1. The number of aromatic nitrogens is 2. The largest absolute Gasteiger partial charge is 0.383 e. The molecule has 0 fully saturated rings. The van der Waals surface area contributed by atoms with E-state index in [1.807, 2.05) is 27.7 Å². The van der Waals surface area contributed by atoms with Gasteiger partial charge in [-0.05, 0) is 33.8 Å². The number of rotatable bonds is 2. The van der Waals surface area contributed by atoms with Crippen LogP contribution in [0.2, 0.25) is 0 Å². The van der Waals surface area contributed by atoms with Crippen molar-refractivity contribution < 1.29 is 0 Å². The molecule has 0 radical (unpaired) electrons. The van der Waals surface area contributed by atoms with Gasteiger partial charge in [-0.1, -0.05) is 28.9 Å². The molecule has 0 aromatic carbocycles. The molecule has 1 aromatic heterocycles. The van der Waals surface area contributed by atoms with Gasteiger partial charge in [0.1, 0.15) is 17.5 Å². The van der Waals surface area contributed by atoms with Gasteiger partial charge in [0.25, 0.3) is 0 Å². The van der Waals surface area contributed by atoms with Gasteiger partial charge in [-0.3, -0.25) is 4.57 Å². The zero-order valence-corrected chi connectivity index (χ0v) is 13.4. The summed E-state index contributed by atoms with van der Waals surface area (Å²) in [4.78, 5) is 18.6. The van der Waals surface area contributed by atoms with Crippen molar-refractivity contribution in [3.8, 4) is 0 Å². The Bertz CT molecular complexity index is 645. The highest BCUT2D eigenvalue weighted by Gasteiger charge is 2.12. The van der Waals surface area contributed by atoms with E-state index in [4.69, 9.17) is 11.5 Å². The molecule has 0 unspecified atom stereocenters. The second kappa shape index (κ2) is 11.8. The third-order valence-corrected chi connectivity index (χ3v) is 2.73. The van der Waals surface area contributed by atoms with E-state index in [1.165, 1.54) is 10.8 Å². The zero-order valence-electron chi connectivity index (χ0n) is 13.4. The molecule has 2 heterocycles. The molecular formula is C17H35N7O. The van der Waals surface area contributed by atoms with E-state index in [0.29, 0.717) is 11.7 Å². The van der Waals surface area contributed by atoms with Gasteiger partial charge in [-0.15, -0.1) is 0 Å². The van der Waals surface area contributed by atoms with Gasteiger partial charge in [0.2, 0.25) is 0 Å². The number of nitrogens with zero attached hydrogens (tertiary/aromatic N) is 5. The number of amidine groups is 1. The molecule has 1 aliphatic rings. The van der Waals surface area contributed by atoms with Gasteiger partial charge in [0, 0.05) is 18.3 Å². The first-order valence-electron chi connectivity index (χ1n) is 6.93. The lowest BCUT2D eigenvalue weighted by Crippen LogP contribution is -2.30. The fourth-order valence-corrected chi connectivity index (χ4v) is 1.67. The number of hydrogen-bond acceptors (Lipinski definition) is 7. The predicted octanol–water partition coefficient (Wildman–Crippen LogP) is 2.84. The minimum Gasteiger partial charge on any atom is -0.383 e. The number of aliphatic imine (C=N–C) groups is 1. The van der Waals surface area contributed by atoms with Crippen LogP contribution in [0.15, 0.2) is 39.6 Å². The van der Waals surface area contributed by atoms with E-state index in [2.05, 4.69) is 21.7 Å². The highest BCUT2D eigenvalue weighted by Crippen LogP contribution is 2.11. The van der Waals surface area contributed by atoms with Crippen LogP contribution in [0.3, 0.4) is 0 Å². The second-order valence-corrected chi connectivity index (χ2v) is 5.27. The third-order valence-electron chi connectivity index (χ3n) is 2.73. The van der Waals surface area contributed by atoms with Crippen molar-refractivity contribution in [2.45, 2.75) is 62.1 Å². The SMILES string of the molecule is C.C.C.C=C1N=C(N)C=NN1C(C)C.CC(C)n1ccc(N)nc1=O. The summed E-state index contributed by atoms with van der Waals surface area (Å²) in [6, 6.07) is 2.02. The van der Waals surface area contributed by atoms with Crippen LogP contribution < -0.4 is 17.2 Å². The lowest BCUT2D eigenvalue weighted by molar-refractivity contribution is 0.296. The molecule has 0 saturated carbocycles. The van der Waals surface area contributed by atoms with Gasteiger partial charge in [-0.2, -0.15) is 10.1 Å². The summed E-state index contributed by atoms with van der Waals surface area (Å²) >= 11 is 0. The first-order valence-corrected chi connectivity index (χ1v) is 6.93. The highest BCUT2D eigenvalue weighted by molar-refractivity contribution is 6.29. The van der Waals surface area contributed by atoms with Gasteiger partial charge < -0.3 is 11.5 Å². The standard InChI is InChI=1S/C7H12N4.C7H11N3O.3CH4/c1-5(2)11-6(3)10-7(8)4-9-11;1-5(2)10-4-3-6(8)9-7(10)11;;;/h4-5H,3H2,1-2H3,(H2,8,10);3-5H,1-2H3,(H2,8,9,11);3*1H4. The Kier molecular flexibility index (Phi) is 12.9. The van der Waals surface area contributed by atoms with Crippen LogP contribution in [0, 0.1) is 0 Å². The van der Waals surface area contributed by atoms with Gasteiger partial charge >= 0.3 is 5.69 Å². The van der Waals surface area contributed by atoms with Crippen molar-refractivity contribution in [2.24, 2.45) is 15.8 Å². The summed E-state index contributed by atoms with van der Waals surface area (Å²) in [6.45, 7) is 11.6. The van der Waals surface area contributed by atoms with Crippen LogP contribution in [0.1, 0.15) is 56.0 Å². The normalized spacial score (nSPS) is 12.3. The molecule has 0 amide bonds. The minimum absolute atomic E-state index is 0. The maximum Gasteiger partial charge on any atom is 0.349 e. The number of hydrazone groups is 1. The van der Waals surface area contributed by atoms with E-state index in [-0.39, 0.29) is 45.9 Å². The maximum absolute atomic E-state index is 11.1. The number of nitrogens with two attached hydrogens (primary N) is 2. The summed E-state index contributed by atoms with van der Waals surface area (Å²) < 4.78 is 1.52. The first-order chi connectivity index (χ1) is 10.2. The maximum atomic E-state index is 11.1. The molecule has 2 rings (SSSR count). The molecule has 0 bridgehead atoms. The Labute approximate surface area is 152 Å². The van der Waals surface area contributed by atoms with Crippen LogP contribution in [-0.4, -0.2) is 32.7 Å². The molecule has 4 N–H and O–H groups in total. The van der Waals surface area contributed by atoms with Crippen molar-refractivity contribution in [1.29, 1.82) is 0 Å². The Morgan fingerprint density at radius 3 is 2.04 bits per heavy atom. The van der Waals surface area contributed by atoms with E-state index in [9.17, 15) is 4.79 Å². The summed E-state index contributed by atoms with van der Waals surface area (Å²) in [5, 5.41) is 5.76. The topological polar surface area (TPSA) is 115 Å². The van der Waals surface area contributed by atoms with Crippen LogP contribution in [0.5, 0.6) is 0 Å². The molecule has 0 aliphatic carbocycles. The Morgan fingerprint density at radius 2 is 1.64 bits per heavy atom. The van der Waals surface area contributed by atoms with Crippen LogP contribution in [0.4, 0.5) is 5.82 Å². The van der Waals surface area contributed by atoms with Crippen LogP contribution in [0.25, 0.3) is 0 Å². The average molecular weight is 354 g/mol. The van der Waals surface area contributed by atoms with E-state index >= 15 is 0 Å². The molecular weight excluding hydrogens is 318 g/mol. The number of anilines is 1. The Balaban J connectivity index is -0.000000346. The van der Waals surface area contributed by atoms with E-state index in [1.54, 1.807) is 17.3 Å². The molecule has 8 nitrogen and oxygen atoms in total. The number of hydrogen-bond donors (Lipinski definition) is 2. The fraction of sp³-hybridized carbons (Fsp3) is 0.529. The first kappa shape index (κ1) is 27.2. The lowest BCUT2D eigenvalue weighted by atomic mass is 10.4. The summed E-state index contributed by atoms with van der Waals surface area (Å²) in [5.41, 5.74) is 10.4. The smallest absolute Gasteiger partial charge is 0.349 e. The van der Waals surface area contributed by atoms with E-state index < -0.39 is 0 Å². The van der Waals surface area contributed by atoms with Gasteiger partial charge in [0.15, 0.2) is 0 Å². The molecule has 144 valence electrons. The van der Waals surface area contributed by atoms with Crippen molar-refractivity contribution in [2.75, 3.05) is 5.73 Å². The summed E-state index contributed by atoms with van der Waals surface area (Å²) in [5.74, 6) is 1.28. The molecule has 0 atom stereocenters. The summed E-state index contributed by atoms with van der Waals surface area (Å²) in [7, 11) is 0. The van der Waals surface area contributed by atoms with Gasteiger partial charge in [0.05, 0.1) is 6.21 Å². The third kappa shape index (κ3) is 8.14. The van der Waals surface area contributed by atoms with Crippen LogP contribution in [-0.2, 0) is 0 Å². The van der Waals surface area contributed by atoms with Crippen molar-refractivity contribution in [3.63, 3.8) is 0 Å². The molecule has 0 spiro atoms. The average Bonchev–Trinajstić information content (AvgIpc) is 2.38. The minimum atomic E-state index is -0.292. The molecule has 1 aromatic rings. The number of nitrogen functional groups attached to an aromatic ring is 1. The Hall–Kier alpha value is -2.64. The van der Waals surface area contributed by atoms with Gasteiger partial charge in [-0.25, -0.2) is 14.8 Å². The van der Waals surface area contributed by atoms with Crippen molar-refractivity contribution in [3.05, 3.63) is 35.1 Å². The predicted molar refractivity (Wildman–Crippen MR) is 110 cm³/mol. The van der Waals surface area contributed by atoms with Crippen molar-refractivity contribution in [1.82, 2.24) is 14.6 Å². The quantitative estimate of drug-likeness (QED) is 0.848.